The van der Waals surface area contributed by atoms with E-state index in [2.05, 4.69) is 16.0 Å². The fraction of sp³-hybridized carbons (Fsp3) is 0.577. The zero-order chi connectivity index (χ0) is 29.5. The van der Waals surface area contributed by atoms with E-state index < -0.39 is 42.0 Å². The molecule has 13 nitrogen and oxygen atoms in total. The van der Waals surface area contributed by atoms with Gasteiger partial charge < -0.3 is 36.8 Å². The second-order valence-electron chi connectivity index (χ2n) is 9.52. The van der Waals surface area contributed by atoms with Crippen LogP contribution in [0.4, 0.5) is 5.69 Å². The van der Waals surface area contributed by atoms with E-state index in [1.165, 1.54) is 0 Å². The Kier molecular flexibility index (Phi) is 14.7. The minimum atomic E-state index is -0.944. The molecule has 4 rings (SSSR count). The number of ketones is 1. The molecule has 1 aromatic rings. The average Bonchev–Trinajstić information content (AvgIpc) is 3.56. The van der Waals surface area contributed by atoms with Crippen molar-refractivity contribution in [2.75, 3.05) is 25.0 Å². The number of carbonyl (C=O) groups excluding carboxylic acids is 1. The SMILES string of the molecule is CC[C@H](C)[C@H](N)C(=O)O.O=C(O)C1CCNCC1.O=C(O)C1Cc2ccccc2N1.O=C1CN[C@H](C(=O)O)C1. The van der Waals surface area contributed by atoms with Crippen LogP contribution in [0.2, 0.25) is 0 Å². The van der Waals surface area contributed by atoms with Crippen LogP contribution >= 0.6 is 0 Å². The van der Waals surface area contributed by atoms with Crippen LogP contribution in [-0.4, -0.2) is 87.8 Å². The summed E-state index contributed by atoms with van der Waals surface area (Å²) < 4.78 is 0. The lowest BCUT2D eigenvalue weighted by Crippen LogP contribution is -2.36. The van der Waals surface area contributed by atoms with Crippen LogP contribution in [0.5, 0.6) is 0 Å². The fourth-order valence-electron chi connectivity index (χ4n) is 3.80. The van der Waals surface area contributed by atoms with Crippen LogP contribution in [0.25, 0.3) is 0 Å². The van der Waals surface area contributed by atoms with Gasteiger partial charge in [0.2, 0.25) is 0 Å². The van der Waals surface area contributed by atoms with Crippen molar-refractivity contribution in [2.24, 2.45) is 17.6 Å². The number of Topliss-reactive ketones (excluding diaryl/α,β-unsaturated/α-hetero) is 1. The van der Waals surface area contributed by atoms with E-state index >= 15 is 0 Å². The number of rotatable bonds is 6. The van der Waals surface area contributed by atoms with Gasteiger partial charge >= 0.3 is 23.9 Å². The first-order valence-electron chi connectivity index (χ1n) is 12.8. The van der Waals surface area contributed by atoms with E-state index in [0.29, 0.717) is 6.42 Å². The third kappa shape index (κ3) is 12.2. The molecular formula is C26H40N4O9. The summed E-state index contributed by atoms with van der Waals surface area (Å²) >= 11 is 0. The van der Waals surface area contributed by atoms with E-state index in [9.17, 15) is 24.0 Å². The Morgan fingerprint density at radius 3 is 1.90 bits per heavy atom. The Balaban J connectivity index is 0.000000263. The number of hydrogen-bond acceptors (Lipinski definition) is 9. The van der Waals surface area contributed by atoms with Gasteiger partial charge in [-0.25, -0.2) is 4.79 Å². The Morgan fingerprint density at radius 1 is 0.949 bits per heavy atom. The zero-order valence-electron chi connectivity index (χ0n) is 22.3. The number of nitrogens with one attached hydrogen (secondary N) is 3. The summed E-state index contributed by atoms with van der Waals surface area (Å²) in [6.07, 6.45) is 3.11. The molecule has 0 radical (unpaired) electrons. The number of carboxylic acids is 4. The lowest BCUT2D eigenvalue weighted by Gasteiger charge is -2.17. The molecule has 218 valence electrons. The summed E-state index contributed by atoms with van der Waals surface area (Å²) in [5.41, 5.74) is 7.31. The molecule has 0 aliphatic carbocycles. The van der Waals surface area contributed by atoms with E-state index in [4.69, 9.17) is 26.2 Å². The topological polar surface area (TPSA) is 228 Å². The number of carbonyl (C=O) groups is 5. The van der Waals surface area contributed by atoms with Crippen molar-refractivity contribution in [3.63, 3.8) is 0 Å². The number of benzene rings is 1. The van der Waals surface area contributed by atoms with Crippen molar-refractivity contribution >= 4 is 35.3 Å². The molecule has 2 fully saturated rings. The first-order chi connectivity index (χ1) is 18.4. The van der Waals surface area contributed by atoms with Crippen molar-refractivity contribution in [1.82, 2.24) is 10.6 Å². The van der Waals surface area contributed by atoms with E-state index in [1.807, 2.05) is 38.1 Å². The molecule has 9 N–H and O–H groups in total. The van der Waals surface area contributed by atoms with Gasteiger partial charge in [-0.05, 0) is 43.5 Å². The van der Waals surface area contributed by atoms with E-state index in [1.54, 1.807) is 0 Å². The number of aliphatic carboxylic acids is 4. The quantitative estimate of drug-likeness (QED) is 0.242. The van der Waals surface area contributed by atoms with Gasteiger partial charge in [0.15, 0.2) is 0 Å². The van der Waals surface area contributed by atoms with Crippen LogP contribution in [-0.2, 0) is 30.4 Å². The maximum Gasteiger partial charge on any atom is 0.326 e. The first-order valence-corrected chi connectivity index (χ1v) is 12.8. The largest absolute Gasteiger partial charge is 0.481 e. The lowest BCUT2D eigenvalue weighted by molar-refractivity contribution is -0.143. The molecule has 0 aromatic heterocycles. The van der Waals surface area contributed by atoms with Gasteiger partial charge in [0.1, 0.15) is 23.9 Å². The van der Waals surface area contributed by atoms with Crippen LogP contribution in [0.15, 0.2) is 24.3 Å². The van der Waals surface area contributed by atoms with Crippen LogP contribution in [0, 0.1) is 11.8 Å². The summed E-state index contributed by atoms with van der Waals surface area (Å²) in [5.74, 6) is -3.33. The normalized spacial score (nSPS) is 21.2. The van der Waals surface area contributed by atoms with Gasteiger partial charge in [0.05, 0.1) is 12.5 Å². The maximum atomic E-state index is 10.6. The van der Waals surface area contributed by atoms with Crippen molar-refractivity contribution in [3.8, 4) is 0 Å². The highest BCUT2D eigenvalue weighted by molar-refractivity contribution is 5.90. The highest BCUT2D eigenvalue weighted by atomic mass is 16.4. The molecular weight excluding hydrogens is 512 g/mol. The molecule has 0 amide bonds. The van der Waals surface area contributed by atoms with Crippen LogP contribution in [0.3, 0.4) is 0 Å². The number of fused-ring (bicyclic) bond motifs is 1. The Hall–Kier alpha value is -3.55. The second kappa shape index (κ2) is 17.1. The number of para-hydroxylation sites is 1. The van der Waals surface area contributed by atoms with Gasteiger partial charge in [0, 0.05) is 18.5 Å². The van der Waals surface area contributed by atoms with E-state index in [-0.39, 0.29) is 30.6 Å². The molecule has 3 aliphatic rings. The lowest BCUT2D eigenvalue weighted by atomic mass is 9.99. The third-order valence-electron chi connectivity index (χ3n) is 6.58. The monoisotopic (exact) mass is 552 g/mol. The Labute approximate surface area is 227 Å². The molecule has 0 saturated carbocycles. The molecule has 0 spiro atoms. The molecule has 1 aromatic carbocycles. The average molecular weight is 553 g/mol. The molecule has 2 saturated heterocycles. The number of hydrogen-bond donors (Lipinski definition) is 8. The standard InChI is InChI=1S/C9H9NO2.C6H11NO2.C6H13NO2.C5H7NO3/c11-9(12)8-5-6-3-1-2-4-7(6)10-8;8-6(9)5-1-3-7-4-2-5;1-3-4(2)5(7)6(8)9;7-3-1-4(5(8)9)6-2-3/h1-4,8,10H,5H2,(H,11,12);5,7H,1-4H2,(H,8,9);4-5H,3,7H2,1-2H3,(H,8,9);4,6H,1-2H2,(H,8,9)/t;;4-,5-;4-/m..00/s1. The van der Waals surface area contributed by atoms with Crippen molar-refractivity contribution in [3.05, 3.63) is 29.8 Å². The maximum absolute atomic E-state index is 10.6. The van der Waals surface area contributed by atoms with Crippen molar-refractivity contribution in [1.29, 1.82) is 0 Å². The van der Waals surface area contributed by atoms with Crippen LogP contribution < -0.4 is 21.7 Å². The van der Waals surface area contributed by atoms with Crippen molar-refractivity contribution in [2.45, 2.75) is 64.1 Å². The highest BCUT2D eigenvalue weighted by Crippen LogP contribution is 2.24. The van der Waals surface area contributed by atoms with E-state index in [0.717, 1.165) is 43.6 Å². The highest BCUT2D eigenvalue weighted by Gasteiger charge is 2.27. The first kappa shape index (κ1) is 33.5. The molecule has 13 heteroatoms. The minimum Gasteiger partial charge on any atom is -0.481 e. The summed E-state index contributed by atoms with van der Waals surface area (Å²) in [6, 6.07) is 5.89. The summed E-state index contributed by atoms with van der Waals surface area (Å²) in [7, 11) is 0. The summed E-state index contributed by atoms with van der Waals surface area (Å²) in [4.78, 5) is 51.7. The molecule has 0 bridgehead atoms. The second-order valence-corrected chi connectivity index (χ2v) is 9.52. The van der Waals surface area contributed by atoms with Gasteiger partial charge in [-0.3, -0.25) is 24.5 Å². The predicted octanol–water partition coefficient (Wildman–Crippen LogP) is 0.625. The van der Waals surface area contributed by atoms with Crippen molar-refractivity contribution < 1.29 is 44.4 Å². The van der Waals surface area contributed by atoms with Gasteiger partial charge in [-0.2, -0.15) is 0 Å². The number of piperidine rings is 1. The molecule has 3 heterocycles. The molecule has 4 atom stereocenters. The Morgan fingerprint density at radius 2 is 1.54 bits per heavy atom. The predicted molar refractivity (Wildman–Crippen MR) is 143 cm³/mol. The van der Waals surface area contributed by atoms with Crippen LogP contribution in [0.1, 0.15) is 45.1 Å². The van der Waals surface area contributed by atoms with Gasteiger partial charge in [-0.15, -0.1) is 0 Å². The van der Waals surface area contributed by atoms with Gasteiger partial charge in [0.25, 0.3) is 0 Å². The third-order valence-corrected chi connectivity index (χ3v) is 6.58. The smallest absolute Gasteiger partial charge is 0.326 e. The Bertz CT molecular complexity index is 945. The summed E-state index contributed by atoms with van der Waals surface area (Å²) in [5, 5.41) is 42.5. The number of anilines is 1. The molecule has 39 heavy (non-hydrogen) atoms. The zero-order valence-corrected chi connectivity index (χ0v) is 22.3. The molecule has 3 aliphatic heterocycles. The number of carboxylic acid groups (broad SMARTS) is 4. The minimum absolute atomic E-state index is 0.0256. The summed E-state index contributed by atoms with van der Waals surface area (Å²) in [6.45, 7) is 5.68. The van der Waals surface area contributed by atoms with Gasteiger partial charge in [-0.1, -0.05) is 38.5 Å². The number of nitrogens with two attached hydrogens (primary N) is 1. The molecule has 1 unspecified atom stereocenters. The fourth-order valence-corrected chi connectivity index (χ4v) is 3.80.